The lowest BCUT2D eigenvalue weighted by atomic mass is 9.48. The first-order valence-corrected chi connectivity index (χ1v) is 11.5. The third-order valence-electron chi connectivity index (χ3n) is 9.24. The van der Waals surface area contributed by atoms with E-state index in [9.17, 15) is 5.11 Å². The third kappa shape index (κ3) is 3.08. The summed E-state index contributed by atoms with van der Waals surface area (Å²) in [7, 11) is 0. The zero-order valence-electron chi connectivity index (χ0n) is 18.0. The second kappa shape index (κ2) is 7.61. The van der Waals surface area contributed by atoms with Gasteiger partial charge in [0.1, 0.15) is 0 Å². The minimum atomic E-state index is 0.238. The van der Waals surface area contributed by atoms with E-state index in [1.807, 2.05) is 0 Å². The summed E-state index contributed by atoms with van der Waals surface area (Å²) in [5, 5.41) is 10.2. The van der Waals surface area contributed by atoms with Crippen LogP contribution in [0, 0.1) is 40.4 Å². The van der Waals surface area contributed by atoms with Crippen molar-refractivity contribution in [1.29, 1.82) is 0 Å². The van der Waals surface area contributed by atoms with Crippen molar-refractivity contribution >= 4 is 5.57 Å². The highest BCUT2D eigenvalue weighted by molar-refractivity contribution is 5.72. The summed E-state index contributed by atoms with van der Waals surface area (Å²) in [5.74, 6) is 3.02. The Labute approximate surface area is 171 Å². The Morgan fingerprint density at radius 3 is 2.50 bits per heavy atom. The molecule has 28 heavy (non-hydrogen) atoms. The molecule has 3 N–H and O–H groups in total. The summed E-state index contributed by atoms with van der Waals surface area (Å²) in [5.41, 5.74) is 9.92. The average Bonchev–Trinajstić information content (AvgIpc) is 3.06. The Morgan fingerprint density at radius 2 is 1.82 bits per heavy atom. The lowest BCUT2D eigenvalue weighted by Crippen LogP contribution is -2.52. The lowest BCUT2D eigenvalue weighted by molar-refractivity contribution is -0.0752. The van der Waals surface area contributed by atoms with Gasteiger partial charge in [0.25, 0.3) is 0 Å². The van der Waals surface area contributed by atoms with Crippen LogP contribution in [0.3, 0.4) is 0 Å². The molecule has 3 aliphatic rings. The molecule has 1 aromatic carbocycles. The molecule has 0 aliphatic heterocycles. The summed E-state index contributed by atoms with van der Waals surface area (Å²) in [6.07, 6.45) is 9.91. The summed E-state index contributed by atoms with van der Waals surface area (Å²) in [4.78, 5) is 0. The normalized spacial score (nSPS) is 43.5. The molecular weight excluding hydrogens is 342 g/mol. The third-order valence-corrected chi connectivity index (χ3v) is 9.24. The molecule has 0 radical (unpaired) electrons. The van der Waals surface area contributed by atoms with Crippen molar-refractivity contribution in [3.63, 3.8) is 0 Å². The fourth-order valence-electron chi connectivity index (χ4n) is 7.47. The summed E-state index contributed by atoms with van der Waals surface area (Å²) >= 11 is 0. The molecule has 0 bridgehead atoms. The molecule has 0 unspecified atom stereocenters. The molecular formula is C26H39NO. The van der Waals surface area contributed by atoms with E-state index in [1.54, 1.807) is 5.57 Å². The van der Waals surface area contributed by atoms with Crippen molar-refractivity contribution in [3.8, 4) is 0 Å². The monoisotopic (exact) mass is 381 g/mol. The number of allylic oxidation sites excluding steroid dienone is 2. The van der Waals surface area contributed by atoms with Gasteiger partial charge in [0.15, 0.2) is 0 Å². The van der Waals surface area contributed by atoms with Crippen LogP contribution in [-0.2, 0) is 0 Å². The van der Waals surface area contributed by atoms with Crippen molar-refractivity contribution < 1.29 is 5.11 Å². The van der Waals surface area contributed by atoms with Crippen LogP contribution in [-0.4, -0.2) is 18.3 Å². The molecule has 1 aromatic rings. The van der Waals surface area contributed by atoms with E-state index >= 15 is 0 Å². The largest absolute Gasteiger partial charge is 0.396 e. The summed E-state index contributed by atoms with van der Waals surface area (Å²) in [6, 6.07) is 11.0. The van der Waals surface area contributed by atoms with Crippen LogP contribution in [0.25, 0.3) is 5.57 Å². The molecule has 4 rings (SSSR count). The quantitative estimate of drug-likeness (QED) is 0.722. The highest BCUT2D eigenvalue weighted by atomic mass is 16.3. The van der Waals surface area contributed by atoms with Crippen LogP contribution in [0.1, 0.15) is 64.9 Å². The van der Waals surface area contributed by atoms with Crippen LogP contribution in [0.2, 0.25) is 0 Å². The summed E-state index contributed by atoms with van der Waals surface area (Å²) < 4.78 is 0. The molecule has 2 heteroatoms. The first kappa shape index (κ1) is 20.2. The summed E-state index contributed by atoms with van der Waals surface area (Å²) in [6.45, 7) is 8.45. The maximum Gasteiger partial charge on any atom is 0.0464 e. The van der Waals surface area contributed by atoms with E-state index in [-0.39, 0.29) is 10.8 Å². The fraction of sp³-hybridized carbons (Fsp3) is 0.692. The number of aliphatic hydroxyl groups excluding tert-OH is 1. The van der Waals surface area contributed by atoms with Crippen LogP contribution >= 0.6 is 0 Å². The minimum absolute atomic E-state index is 0.238. The van der Waals surface area contributed by atoms with E-state index in [4.69, 9.17) is 5.73 Å². The van der Waals surface area contributed by atoms with Gasteiger partial charge in [-0.05, 0) is 90.2 Å². The maximum atomic E-state index is 10.2. The Balaban J connectivity index is 1.63. The van der Waals surface area contributed by atoms with Crippen molar-refractivity contribution in [3.05, 3.63) is 42.0 Å². The van der Waals surface area contributed by atoms with Crippen LogP contribution < -0.4 is 5.73 Å². The zero-order valence-corrected chi connectivity index (χ0v) is 18.0. The van der Waals surface area contributed by atoms with Gasteiger partial charge in [-0.25, -0.2) is 0 Å². The van der Waals surface area contributed by atoms with Crippen molar-refractivity contribution in [1.82, 2.24) is 0 Å². The van der Waals surface area contributed by atoms with Gasteiger partial charge >= 0.3 is 0 Å². The second-order valence-corrected chi connectivity index (χ2v) is 10.6. The van der Waals surface area contributed by atoms with E-state index in [2.05, 4.69) is 57.2 Å². The van der Waals surface area contributed by atoms with Crippen molar-refractivity contribution in [2.24, 2.45) is 46.2 Å². The molecule has 0 heterocycles. The number of benzene rings is 1. The highest BCUT2D eigenvalue weighted by Crippen LogP contribution is 2.64. The van der Waals surface area contributed by atoms with Gasteiger partial charge in [0.2, 0.25) is 0 Å². The Bertz CT molecular complexity index is 712. The predicted molar refractivity (Wildman–Crippen MR) is 118 cm³/mol. The Kier molecular flexibility index (Phi) is 5.48. The molecule has 7 atom stereocenters. The maximum absolute atomic E-state index is 10.2. The van der Waals surface area contributed by atoms with Gasteiger partial charge in [0, 0.05) is 6.61 Å². The fourth-order valence-corrected chi connectivity index (χ4v) is 7.47. The topological polar surface area (TPSA) is 46.2 Å². The Morgan fingerprint density at radius 1 is 1.07 bits per heavy atom. The van der Waals surface area contributed by atoms with Crippen molar-refractivity contribution in [2.75, 3.05) is 13.2 Å². The number of hydrogen-bond acceptors (Lipinski definition) is 2. The van der Waals surface area contributed by atoms with Crippen LogP contribution in [0.5, 0.6) is 0 Å². The molecule has 0 saturated heterocycles. The number of hydrogen-bond donors (Lipinski definition) is 2. The molecule has 154 valence electrons. The van der Waals surface area contributed by atoms with E-state index in [0.29, 0.717) is 30.3 Å². The molecule has 2 nitrogen and oxygen atoms in total. The van der Waals surface area contributed by atoms with E-state index in [1.165, 1.54) is 37.7 Å². The molecule has 0 amide bonds. The lowest BCUT2D eigenvalue weighted by Gasteiger charge is -2.57. The first-order valence-electron chi connectivity index (χ1n) is 11.5. The predicted octanol–water partition coefficient (Wildman–Crippen LogP) is 5.52. The molecule has 3 aliphatic carbocycles. The van der Waals surface area contributed by atoms with Gasteiger partial charge in [0.05, 0.1) is 0 Å². The van der Waals surface area contributed by atoms with Crippen LogP contribution in [0.4, 0.5) is 0 Å². The van der Waals surface area contributed by atoms with Gasteiger partial charge in [-0.3, -0.25) is 0 Å². The number of aliphatic hydroxyl groups is 1. The zero-order chi connectivity index (χ0) is 19.9. The standard InChI is InChI=1S/C26H39NO/c1-18-11-13-25(2,20(15-18)17-28)24-12-14-26(3)22(19-7-5-4-6-8-19)9-10-23(26)21(24)16-27/h4-9,18,20-21,23-24,28H,10-17,27H2,1-3H3/t18-,20+,21-,23-,24-,25-,26+/m0/s1. The second-order valence-electron chi connectivity index (χ2n) is 10.6. The molecule has 2 saturated carbocycles. The first-order chi connectivity index (χ1) is 13.4. The van der Waals surface area contributed by atoms with Gasteiger partial charge in [-0.2, -0.15) is 0 Å². The van der Waals surface area contributed by atoms with E-state index < -0.39 is 0 Å². The van der Waals surface area contributed by atoms with E-state index in [0.717, 1.165) is 18.9 Å². The molecule has 2 fully saturated rings. The molecule has 0 spiro atoms. The Hall–Kier alpha value is -1.12. The number of rotatable bonds is 4. The number of nitrogens with two attached hydrogens (primary N) is 1. The van der Waals surface area contributed by atoms with Gasteiger partial charge in [-0.15, -0.1) is 0 Å². The molecule has 0 aromatic heterocycles. The van der Waals surface area contributed by atoms with Gasteiger partial charge in [-0.1, -0.05) is 63.6 Å². The van der Waals surface area contributed by atoms with Crippen LogP contribution in [0.15, 0.2) is 36.4 Å². The smallest absolute Gasteiger partial charge is 0.0464 e. The highest BCUT2D eigenvalue weighted by Gasteiger charge is 2.56. The average molecular weight is 382 g/mol. The minimum Gasteiger partial charge on any atom is -0.396 e. The van der Waals surface area contributed by atoms with Crippen molar-refractivity contribution in [2.45, 2.75) is 59.3 Å². The number of fused-ring (bicyclic) bond motifs is 1. The SMILES string of the molecule is C[C@H]1CC[C@](C)([C@H]2CC[C@]3(C)C(c4ccccc4)=CC[C@H]3[C@@H]2CN)[C@@H](CO)C1. The van der Waals surface area contributed by atoms with Gasteiger partial charge < -0.3 is 10.8 Å².